The first-order valence-corrected chi connectivity index (χ1v) is 12.1. The SMILES string of the molecule is C[C@H]1CCC[C@H]2CN(C#N)CCc3c([nH]c4ccccc34)[C@H](OCc3ccccc3)C[C@@H]21. The Morgan fingerprint density at radius 2 is 1.91 bits per heavy atom. The van der Waals surface area contributed by atoms with Crippen molar-refractivity contribution in [3.8, 4) is 6.19 Å². The van der Waals surface area contributed by atoms with Gasteiger partial charge in [0.05, 0.1) is 12.7 Å². The van der Waals surface area contributed by atoms with Crippen molar-refractivity contribution in [1.82, 2.24) is 9.88 Å². The van der Waals surface area contributed by atoms with Gasteiger partial charge in [-0.3, -0.25) is 0 Å². The van der Waals surface area contributed by atoms with Crippen LogP contribution in [0.25, 0.3) is 10.9 Å². The van der Waals surface area contributed by atoms with Crippen molar-refractivity contribution in [2.45, 2.75) is 51.7 Å². The summed E-state index contributed by atoms with van der Waals surface area (Å²) in [5.74, 6) is 1.79. The average molecular weight is 428 g/mol. The molecule has 1 aliphatic carbocycles. The summed E-state index contributed by atoms with van der Waals surface area (Å²) in [7, 11) is 0. The van der Waals surface area contributed by atoms with Crippen LogP contribution in [0.3, 0.4) is 0 Å². The van der Waals surface area contributed by atoms with E-state index in [1.54, 1.807) is 0 Å². The molecule has 0 radical (unpaired) electrons. The van der Waals surface area contributed by atoms with E-state index in [0.29, 0.717) is 24.4 Å². The molecule has 0 saturated heterocycles. The Morgan fingerprint density at radius 3 is 2.75 bits per heavy atom. The van der Waals surface area contributed by atoms with E-state index in [1.165, 1.54) is 47.0 Å². The number of hydrogen-bond acceptors (Lipinski definition) is 3. The van der Waals surface area contributed by atoms with Crippen molar-refractivity contribution in [3.05, 3.63) is 71.4 Å². The summed E-state index contributed by atoms with van der Waals surface area (Å²) in [4.78, 5) is 5.74. The molecule has 0 amide bonds. The van der Waals surface area contributed by atoms with Crippen LogP contribution in [0.1, 0.15) is 55.5 Å². The first-order chi connectivity index (χ1) is 15.7. The lowest BCUT2D eigenvalue weighted by Gasteiger charge is -2.40. The number of H-pyrrole nitrogens is 1. The Kier molecular flexibility index (Phi) is 6.19. The molecular formula is C28H33N3O. The van der Waals surface area contributed by atoms with Gasteiger partial charge in [0.2, 0.25) is 0 Å². The number of nitriles is 1. The highest BCUT2D eigenvalue weighted by Crippen LogP contribution is 2.43. The van der Waals surface area contributed by atoms with Crippen molar-refractivity contribution in [2.24, 2.45) is 17.8 Å². The number of hydrogen-bond donors (Lipinski definition) is 1. The number of rotatable bonds is 3. The monoisotopic (exact) mass is 427 g/mol. The summed E-state index contributed by atoms with van der Waals surface area (Å²) in [5.41, 5.74) is 4.92. The quantitative estimate of drug-likeness (QED) is 0.506. The van der Waals surface area contributed by atoms with Crippen LogP contribution < -0.4 is 0 Å². The first-order valence-electron chi connectivity index (χ1n) is 12.1. The molecule has 0 unspecified atom stereocenters. The highest BCUT2D eigenvalue weighted by molar-refractivity contribution is 5.84. The van der Waals surface area contributed by atoms with Gasteiger partial charge in [-0.1, -0.05) is 68.3 Å². The van der Waals surface area contributed by atoms with E-state index >= 15 is 0 Å². The molecule has 1 N–H and O–H groups in total. The summed E-state index contributed by atoms with van der Waals surface area (Å²) >= 11 is 0. The number of fused-ring (bicyclic) bond motifs is 4. The van der Waals surface area contributed by atoms with Crippen LogP contribution in [0.2, 0.25) is 0 Å². The Bertz CT molecular complexity index is 1080. The maximum absolute atomic E-state index is 9.84. The third-order valence-electron chi connectivity index (χ3n) is 7.75. The van der Waals surface area contributed by atoms with Gasteiger partial charge in [-0.05, 0) is 54.2 Å². The van der Waals surface area contributed by atoms with Gasteiger partial charge >= 0.3 is 0 Å². The second kappa shape index (κ2) is 9.38. The van der Waals surface area contributed by atoms with E-state index in [4.69, 9.17) is 4.74 Å². The summed E-state index contributed by atoms with van der Waals surface area (Å²) in [6.45, 7) is 4.68. The number of nitrogens with one attached hydrogen (secondary N) is 1. The largest absolute Gasteiger partial charge is 0.367 e. The third kappa shape index (κ3) is 4.27. The van der Waals surface area contributed by atoms with Crippen LogP contribution in [-0.2, 0) is 17.8 Å². The number of para-hydroxylation sites is 1. The first kappa shape index (κ1) is 21.1. The molecule has 0 bridgehead atoms. The Morgan fingerprint density at radius 1 is 1.09 bits per heavy atom. The topological polar surface area (TPSA) is 52.0 Å². The highest BCUT2D eigenvalue weighted by Gasteiger charge is 2.36. The number of aromatic amines is 1. The molecule has 1 saturated carbocycles. The van der Waals surface area contributed by atoms with Gasteiger partial charge in [-0.15, -0.1) is 0 Å². The van der Waals surface area contributed by atoms with Crippen LogP contribution >= 0.6 is 0 Å². The minimum Gasteiger partial charge on any atom is -0.367 e. The van der Waals surface area contributed by atoms with Gasteiger partial charge < -0.3 is 14.6 Å². The predicted molar refractivity (Wildman–Crippen MR) is 128 cm³/mol. The lowest BCUT2D eigenvalue weighted by Crippen LogP contribution is -2.38. The molecule has 2 heterocycles. The molecule has 1 aromatic heterocycles. The molecule has 1 fully saturated rings. The number of ether oxygens (including phenoxy) is 1. The van der Waals surface area contributed by atoms with E-state index in [2.05, 4.69) is 72.7 Å². The van der Waals surface area contributed by atoms with Crippen molar-refractivity contribution in [2.75, 3.05) is 13.1 Å². The Balaban J connectivity index is 1.55. The second-order valence-electron chi connectivity index (χ2n) is 9.71. The number of benzene rings is 2. The van der Waals surface area contributed by atoms with Crippen LogP contribution in [0, 0.1) is 29.2 Å². The number of nitrogens with zero attached hydrogens (tertiary/aromatic N) is 2. The second-order valence-corrected chi connectivity index (χ2v) is 9.71. The van der Waals surface area contributed by atoms with Gasteiger partial charge in [0, 0.05) is 29.7 Å². The minimum absolute atomic E-state index is 0.0410. The molecule has 4 nitrogen and oxygen atoms in total. The van der Waals surface area contributed by atoms with Gasteiger partial charge in [0.15, 0.2) is 6.19 Å². The molecular weight excluding hydrogens is 394 g/mol. The van der Waals surface area contributed by atoms with E-state index in [-0.39, 0.29) is 6.10 Å². The van der Waals surface area contributed by atoms with Gasteiger partial charge in [0.25, 0.3) is 0 Å². The fourth-order valence-corrected chi connectivity index (χ4v) is 6.01. The fraction of sp³-hybridized carbons (Fsp3) is 0.464. The lowest BCUT2D eigenvalue weighted by atomic mass is 9.69. The minimum atomic E-state index is 0.0410. The molecule has 2 aliphatic rings. The molecule has 3 aromatic rings. The van der Waals surface area contributed by atoms with E-state index in [9.17, 15) is 5.26 Å². The average Bonchev–Trinajstić information content (AvgIpc) is 3.20. The molecule has 0 spiro atoms. The smallest absolute Gasteiger partial charge is 0.179 e. The van der Waals surface area contributed by atoms with Crippen molar-refractivity contribution >= 4 is 10.9 Å². The normalized spacial score (nSPS) is 26.2. The number of aromatic nitrogens is 1. The Labute approximate surface area is 191 Å². The molecule has 2 aromatic carbocycles. The summed E-state index contributed by atoms with van der Waals surface area (Å²) in [5, 5.41) is 11.1. The molecule has 1 aliphatic heterocycles. The summed E-state index contributed by atoms with van der Waals surface area (Å²) in [6.07, 6.45) is 8.18. The van der Waals surface area contributed by atoms with E-state index < -0.39 is 0 Å². The third-order valence-corrected chi connectivity index (χ3v) is 7.75. The summed E-state index contributed by atoms with van der Waals surface area (Å²) < 4.78 is 6.70. The van der Waals surface area contributed by atoms with Gasteiger partial charge in [0.1, 0.15) is 0 Å². The molecule has 4 atom stereocenters. The predicted octanol–water partition coefficient (Wildman–Crippen LogP) is 6.21. The maximum atomic E-state index is 9.84. The van der Waals surface area contributed by atoms with Crippen molar-refractivity contribution < 1.29 is 4.74 Å². The van der Waals surface area contributed by atoms with Crippen LogP contribution in [0.5, 0.6) is 0 Å². The fourth-order valence-electron chi connectivity index (χ4n) is 6.01. The van der Waals surface area contributed by atoms with Gasteiger partial charge in [-0.25, -0.2) is 0 Å². The van der Waals surface area contributed by atoms with Crippen LogP contribution in [0.4, 0.5) is 0 Å². The summed E-state index contributed by atoms with van der Waals surface area (Å²) in [6, 6.07) is 19.1. The van der Waals surface area contributed by atoms with Crippen molar-refractivity contribution in [1.29, 1.82) is 5.26 Å². The van der Waals surface area contributed by atoms with E-state index in [0.717, 1.165) is 25.9 Å². The zero-order valence-corrected chi connectivity index (χ0v) is 19.0. The maximum Gasteiger partial charge on any atom is 0.179 e. The lowest BCUT2D eigenvalue weighted by molar-refractivity contribution is -0.00632. The molecule has 5 rings (SSSR count). The molecule has 166 valence electrons. The molecule has 4 heteroatoms. The Hall–Kier alpha value is -2.77. The van der Waals surface area contributed by atoms with Crippen LogP contribution in [-0.4, -0.2) is 23.0 Å². The highest BCUT2D eigenvalue weighted by atomic mass is 16.5. The van der Waals surface area contributed by atoms with Gasteiger partial charge in [-0.2, -0.15) is 5.26 Å². The zero-order chi connectivity index (χ0) is 21.9. The van der Waals surface area contributed by atoms with Crippen LogP contribution in [0.15, 0.2) is 54.6 Å². The standard InChI is InChI=1S/C28H33N3O/c1-20-8-7-11-22-17-31(19-29)15-14-24-23-12-5-6-13-26(23)30-28(24)27(16-25(20)22)32-18-21-9-3-2-4-10-21/h2-6,9-10,12-13,20,22,25,27,30H,7-8,11,14-18H2,1H3/t20-,22-,25+,27+/m0/s1. The van der Waals surface area contributed by atoms with Crippen molar-refractivity contribution in [3.63, 3.8) is 0 Å². The zero-order valence-electron chi connectivity index (χ0n) is 19.0. The molecule has 32 heavy (non-hydrogen) atoms. The van der Waals surface area contributed by atoms with E-state index in [1.807, 2.05) is 4.90 Å².